The molecule has 2 heterocycles. The first-order valence-corrected chi connectivity index (χ1v) is 7.98. The van der Waals surface area contributed by atoms with Gasteiger partial charge in [0.2, 0.25) is 0 Å². The molecular formula is C18H16N2O2S. The van der Waals surface area contributed by atoms with Gasteiger partial charge in [-0.1, -0.05) is 30.9 Å². The zero-order valence-corrected chi connectivity index (χ0v) is 13.7. The lowest BCUT2D eigenvalue weighted by molar-refractivity contribution is 0.512. The number of para-hydroxylation sites is 1. The lowest BCUT2D eigenvalue weighted by Gasteiger charge is -2.08. The van der Waals surface area contributed by atoms with Gasteiger partial charge < -0.3 is 5.11 Å². The minimum absolute atomic E-state index is 0.0764. The second kappa shape index (κ2) is 5.85. The smallest absolute Gasteiger partial charge is 0.276 e. The molecule has 0 aliphatic carbocycles. The van der Waals surface area contributed by atoms with Crippen LogP contribution in [0, 0.1) is 6.92 Å². The number of hydrogen-bond acceptors (Lipinski definition) is 4. The highest BCUT2D eigenvalue weighted by molar-refractivity contribution is 7.16. The fourth-order valence-electron chi connectivity index (χ4n) is 2.57. The van der Waals surface area contributed by atoms with Crippen molar-refractivity contribution < 1.29 is 5.11 Å². The highest BCUT2D eigenvalue weighted by Crippen LogP contribution is 2.12. The van der Waals surface area contributed by atoms with Crippen molar-refractivity contribution in [1.29, 1.82) is 0 Å². The molecule has 23 heavy (non-hydrogen) atoms. The number of benzene rings is 1. The highest BCUT2D eigenvalue weighted by Gasteiger charge is 2.14. The van der Waals surface area contributed by atoms with Gasteiger partial charge in [-0.05, 0) is 32.1 Å². The summed E-state index contributed by atoms with van der Waals surface area (Å²) in [6.07, 6.45) is 3.31. The number of rotatable bonds is 2. The van der Waals surface area contributed by atoms with Crippen LogP contribution < -0.4 is 15.3 Å². The molecule has 0 unspecified atom stereocenters. The van der Waals surface area contributed by atoms with Crippen molar-refractivity contribution in [3.05, 3.63) is 68.4 Å². The van der Waals surface area contributed by atoms with E-state index in [2.05, 4.69) is 11.6 Å². The van der Waals surface area contributed by atoms with E-state index in [1.165, 1.54) is 11.3 Å². The van der Waals surface area contributed by atoms with Crippen LogP contribution in [0.25, 0.3) is 28.2 Å². The lowest BCUT2D eigenvalue weighted by Crippen LogP contribution is -2.24. The number of thiophene rings is 1. The number of nitrogens with zero attached hydrogens (tertiary/aromatic N) is 2. The zero-order valence-electron chi connectivity index (χ0n) is 12.9. The molecule has 0 bridgehead atoms. The van der Waals surface area contributed by atoms with Crippen molar-refractivity contribution >= 4 is 33.9 Å². The molecule has 0 saturated carbocycles. The van der Waals surface area contributed by atoms with Gasteiger partial charge >= 0.3 is 0 Å². The van der Waals surface area contributed by atoms with E-state index >= 15 is 0 Å². The van der Waals surface area contributed by atoms with E-state index < -0.39 is 0 Å². The molecule has 0 saturated heterocycles. The Kier molecular flexibility index (Phi) is 3.88. The second-order valence-electron chi connectivity index (χ2n) is 5.10. The van der Waals surface area contributed by atoms with E-state index in [4.69, 9.17) is 0 Å². The molecule has 1 N–H and O–H groups in total. The van der Waals surface area contributed by atoms with E-state index in [1.54, 1.807) is 23.6 Å². The summed E-state index contributed by atoms with van der Waals surface area (Å²) >= 11 is 1.26. The fourth-order valence-corrected chi connectivity index (χ4v) is 3.54. The Morgan fingerprint density at radius 3 is 2.70 bits per heavy atom. The minimum atomic E-state index is -0.145. The summed E-state index contributed by atoms with van der Waals surface area (Å²) in [5.74, 6) is 0.647. The molecule has 4 nitrogen and oxygen atoms in total. The van der Waals surface area contributed by atoms with E-state index in [0.29, 0.717) is 25.8 Å². The highest BCUT2D eigenvalue weighted by atomic mass is 32.1. The molecule has 3 aromatic rings. The number of aromatic nitrogens is 2. The van der Waals surface area contributed by atoms with Crippen molar-refractivity contribution in [3.8, 4) is 5.69 Å². The Bertz CT molecular complexity index is 1080. The number of aliphatic hydroxyl groups is 1. The molecular weight excluding hydrogens is 308 g/mol. The van der Waals surface area contributed by atoms with Crippen LogP contribution in [0.3, 0.4) is 0 Å². The molecule has 0 amide bonds. The first-order valence-electron chi connectivity index (χ1n) is 7.17. The molecule has 0 aliphatic heterocycles. The maximum atomic E-state index is 12.9. The molecule has 5 heteroatoms. The summed E-state index contributed by atoms with van der Waals surface area (Å²) in [5, 5.41) is 10.7. The third kappa shape index (κ3) is 2.49. The zero-order chi connectivity index (χ0) is 16.6. The SMILES string of the molecule is C=c1sc2c(=O)n(-c3ccccc3)c(C)nc2/c1=C(O)/C=C\C. The van der Waals surface area contributed by atoms with Crippen LogP contribution in [0.15, 0.2) is 47.3 Å². The first kappa shape index (κ1) is 15.2. The summed E-state index contributed by atoms with van der Waals surface area (Å²) < 4.78 is 2.70. The Labute approximate surface area is 137 Å². The van der Waals surface area contributed by atoms with Crippen molar-refractivity contribution in [2.24, 2.45) is 0 Å². The number of hydrogen-bond donors (Lipinski definition) is 1. The molecule has 0 atom stereocenters. The molecule has 0 radical (unpaired) electrons. The molecule has 0 aliphatic rings. The summed E-state index contributed by atoms with van der Waals surface area (Å²) in [7, 11) is 0. The van der Waals surface area contributed by atoms with E-state index in [0.717, 1.165) is 5.69 Å². The van der Waals surface area contributed by atoms with Gasteiger partial charge in [0.1, 0.15) is 21.8 Å². The predicted molar refractivity (Wildman–Crippen MR) is 95.6 cm³/mol. The Morgan fingerprint density at radius 2 is 2.04 bits per heavy atom. The summed E-state index contributed by atoms with van der Waals surface area (Å²) in [6.45, 7) is 7.55. The number of aryl methyl sites for hydroxylation is 1. The number of fused-ring (bicyclic) bond motifs is 1. The summed E-state index contributed by atoms with van der Waals surface area (Å²) in [6, 6.07) is 9.39. The van der Waals surface area contributed by atoms with Crippen LogP contribution in [0.4, 0.5) is 0 Å². The monoisotopic (exact) mass is 324 g/mol. The Morgan fingerprint density at radius 1 is 1.35 bits per heavy atom. The van der Waals surface area contributed by atoms with Gasteiger partial charge in [0.05, 0.1) is 10.9 Å². The van der Waals surface area contributed by atoms with E-state index in [9.17, 15) is 9.90 Å². The van der Waals surface area contributed by atoms with Gasteiger partial charge in [0.15, 0.2) is 0 Å². The first-order chi connectivity index (χ1) is 11.0. The molecule has 0 spiro atoms. The van der Waals surface area contributed by atoms with Crippen LogP contribution in [-0.2, 0) is 0 Å². The van der Waals surface area contributed by atoms with Gasteiger partial charge in [-0.3, -0.25) is 9.36 Å². The average molecular weight is 324 g/mol. The standard InChI is InChI=1S/C18H16N2O2S/c1-4-8-14(21)15-11(2)23-17-16(15)19-12(3)20(18(17)22)13-9-6-5-7-10-13/h4-10,21H,2H2,1,3H3/b8-4-,15-14-. The predicted octanol–water partition coefficient (Wildman–Crippen LogP) is 2.41. The quantitative estimate of drug-likeness (QED) is 0.787. The third-order valence-electron chi connectivity index (χ3n) is 3.55. The van der Waals surface area contributed by atoms with Crippen LogP contribution in [0.5, 0.6) is 0 Å². The summed E-state index contributed by atoms with van der Waals surface area (Å²) in [5.41, 5.74) is 1.13. The molecule has 0 fully saturated rings. The van der Waals surface area contributed by atoms with Gasteiger partial charge in [-0.25, -0.2) is 4.98 Å². The van der Waals surface area contributed by atoms with Crippen LogP contribution in [0.2, 0.25) is 0 Å². The maximum absolute atomic E-state index is 12.9. The topological polar surface area (TPSA) is 55.1 Å². The number of aliphatic hydroxyl groups excluding tert-OH is 1. The van der Waals surface area contributed by atoms with Crippen LogP contribution >= 0.6 is 11.3 Å². The number of allylic oxidation sites excluding steroid dienone is 1. The lowest BCUT2D eigenvalue weighted by atomic mass is 10.2. The second-order valence-corrected chi connectivity index (χ2v) is 6.20. The van der Waals surface area contributed by atoms with Gasteiger partial charge in [0, 0.05) is 4.53 Å². The average Bonchev–Trinajstić information content (AvgIpc) is 2.85. The van der Waals surface area contributed by atoms with Gasteiger partial charge in [-0.2, -0.15) is 0 Å². The van der Waals surface area contributed by atoms with E-state index in [1.807, 2.05) is 37.3 Å². The van der Waals surface area contributed by atoms with Gasteiger partial charge in [-0.15, -0.1) is 11.3 Å². The molecule has 3 rings (SSSR count). The van der Waals surface area contributed by atoms with E-state index in [-0.39, 0.29) is 11.3 Å². The van der Waals surface area contributed by atoms with Gasteiger partial charge in [0.25, 0.3) is 5.56 Å². The maximum Gasteiger partial charge on any atom is 0.276 e. The van der Waals surface area contributed by atoms with Crippen molar-refractivity contribution in [2.45, 2.75) is 13.8 Å². The Hall–Kier alpha value is -2.66. The largest absolute Gasteiger partial charge is 0.507 e. The van der Waals surface area contributed by atoms with Crippen LogP contribution in [0.1, 0.15) is 12.7 Å². The van der Waals surface area contributed by atoms with Crippen molar-refractivity contribution in [2.75, 3.05) is 0 Å². The minimum Gasteiger partial charge on any atom is -0.507 e. The fraction of sp³-hybridized carbons (Fsp3) is 0.111. The van der Waals surface area contributed by atoms with Crippen LogP contribution in [-0.4, -0.2) is 14.7 Å². The molecule has 116 valence electrons. The normalized spacial score (nSPS) is 13.0. The summed E-state index contributed by atoms with van der Waals surface area (Å²) in [4.78, 5) is 17.4. The third-order valence-corrected chi connectivity index (χ3v) is 4.57. The Balaban J connectivity index is 2.47. The molecule has 2 aromatic heterocycles. The van der Waals surface area contributed by atoms with Crippen molar-refractivity contribution in [1.82, 2.24) is 9.55 Å². The molecule has 1 aromatic carbocycles. The van der Waals surface area contributed by atoms with Crippen molar-refractivity contribution in [3.63, 3.8) is 0 Å².